The number of hydrogen-bond donors (Lipinski definition) is 0. The molecule has 0 fully saturated rings. The maximum Gasteiger partial charge on any atom is 0 e. The van der Waals surface area contributed by atoms with E-state index in [4.69, 9.17) is 0 Å². The zero-order chi connectivity index (χ0) is 0. The summed E-state index contributed by atoms with van der Waals surface area (Å²) in [4.78, 5) is 0. The Kier molecular flexibility index (Phi) is 211. The molecule has 0 unspecified atom stereocenters. The van der Waals surface area contributed by atoms with Gasteiger partial charge in [-0.25, -0.2) is 0 Å². The van der Waals surface area contributed by atoms with Crippen LogP contribution in [0.3, 0.4) is 0 Å². The largest absolute Gasteiger partial charge is 0.0125 e. The van der Waals surface area contributed by atoms with E-state index in [-0.39, 0.29) is 64.0 Å². The van der Waals surface area contributed by atoms with E-state index in [1.165, 1.54) is 0 Å². The Morgan fingerprint density at radius 2 is 1.00 bits per heavy atom. The molecular weight excluding hydrogens is 207 g/mol. The van der Waals surface area contributed by atoms with Gasteiger partial charge in [-0.05, 0) is 11.0 Å². The van der Waals surface area contributed by atoms with Crippen LogP contribution in [0.4, 0.5) is 0 Å². The van der Waals surface area contributed by atoms with E-state index in [1.807, 2.05) is 0 Å². The van der Waals surface area contributed by atoms with Crippen LogP contribution in [0.25, 0.3) is 0 Å². The van der Waals surface area contributed by atoms with Crippen molar-refractivity contribution in [1.29, 1.82) is 0 Å². The summed E-state index contributed by atoms with van der Waals surface area (Å²) >= 11 is 0. The standard InChI is InChI=1S/Mn.Ni.H3Si.Zn/h;;1H3;. The van der Waals surface area contributed by atoms with E-state index in [0.29, 0.717) is 0 Å². The molecule has 0 saturated heterocycles. The second-order valence-corrected chi connectivity index (χ2v) is 0. The monoisotopic (exact) mass is 208 g/mol. The first-order valence-corrected chi connectivity index (χ1v) is 0. The minimum atomic E-state index is 0. The molecule has 0 aliphatic rings. The van der Waals surface area contributed by atoms with Crippen molar-refractivity contribution < 1.29 is 53.0 Å². The number of rotatable bonds is 0. The summed E-state index contributed by atoms with van der Waals surface area (Å²) < 4.78 is 0. The third-order valence-electron chi connectivity index (χ3n) is 0. The van der Waals surface area contributed by atoms with Gasteiger partial charge >= 0.3 is 0 Å². The van der Waals surface area contributed by atoms with E-state index in [2.05, 4.69) is 0 Å². The molecule has 0 N–H and O–H groups in total. The summed E-state index contributed by atoms with van der Waals surface area (Å²) in [6.07, 6.45) is 0. The van der Waals surface area contributed by atoms with Crippen LogP contribution >= 0.6 is 0 Å². The zero-order valence-corrected chi connectivity index (χ0v) is 9.54. The molecule has 0 aromatic rings. The van der Waals surface area contributed by atoms with E-state index < -0.39 is 0 Å². The summed E-state index contributed by atoms with van der Waals surface area (Å²) in [5, 5.41) is 0. The van der Waals surface area contributed by atoms with Crippen molar-refractivity contribution in [3.05, 3.63) is 0 Å². The van der Waals surface area contributed by atoms with Crippen LogP contribution in [-0.2, 0) is 53.0 Å². The van der Waals surface area contributed by atoms with Gasteiger partial charge in [0.15, 0.2) is 0 Å². The SMILES string of the molecule is [Mn].[Ni].[SiH3].[Zn]. The summed E-state index contributed by atoms with van der Waals surface area (Å²) in [5.74, 6) is 0. The quantitative estimate of drug-likeness (QED) is 0.441. The maximum atomic E-state index is 0. The molecule has 0 aliphatic carbocycles. The van der Waals surface area contributed by atoms with Crippen molar-refractivity contribution in [3.8, 4) is 0 Å². The van der Waals surface area contributed by atoms with Crippen LogP contribution in [0.5, 0.6) is 0 Å². The van der Waals surface area contributed by atoms with Crippen molar-refractivity contribution in [2.45, 2.75) is 0 Å². The van der Waals surface area contributed by atoms with Crippen molar-refractivity contribution in [2.24, 2.45) is 0 Å². The molecule has 0 spiro atoms. The Labute approximate surface area is 63.7 Å². The Morgan fingerprint density at radius 1 is 1.00 bits per heavy atom. The van der Waals surface area contributed by atoms with Gasteiger partial charge in [0.2, 0.25) is 0 Å². The molecule has 0 aromatic carbocycles. The minimum Gasteiger partial charge on any atom is -0.0125 e. The fourth-order valence-corrected chi connectivity index (χ4v) is 0. The van der Waals surface area contributed by atoms with Crippen LogP contribution in [-0.4, -0.2) is 11.0 Å². The molecule has 0 saturated carbocycles. The second kappa shape index (κ2) is 21.0. The van der Waals surface area contributed by atoms with Crippen molar-refractivity contribution >= 4 is 11.0 Å². The molecule has 0 aliphatic heterocycles. The van der Waals surface area contributed by atoms with Crippen molar-refractivity contribution in [1.82, 2.24) is 0 Å². The van der Waals surface area contributed by atoms with E-state index >= 15 is 0 Å². The average molecular weight is 210 g/mol. The zero-order valence-electron chi connectivity index (χ0n) is 2.40. The van der Waals surface area contributed by atoms with Crippen molar-refractivity contribution in [3.63, 3.8) is 0 Å². The molecule has 0 amide bonds. The Balaban J connectivity index is 0. The minimum absolute atomic E-state index is 0. The van der Waals surface area contributed by atoms with Crippen LogP contribution in [0, 0.1) is 0 Å². The van der Waals surface area contributed by atoms with Gasteiger partial charge < -0.3 is 0 Å². The van der Waals surface area contributed by atoms with Gasteiger partial charge in [0.05, 0.1) is 0 Å². The summed E-state index contributed by atoms with van der Waals surface area (Å²) in [6.45, 7) is 0. The Hall–Kier alpha value is 1.85. The van der Waals surface area contributed by atoms with Gasteiger partial charge in [-0.2, -0.15) is 0 Å². The van der Waals surface area contributed by atoms with E-state index in [1.54, 1.807) is 0 Å². The first-order valence-electron chi connectivity index (χ1n) is 0. The first kappa shape index (κ1) is 40.1. The molecule has 0 atom stereocenters. The van der Waals surface area contributed by atoms with E-state index in [9.17, 15) is 0 Å². The molecule has 0 bridgehead atoms. The van der Waals surface area contributed by atoms with E-state index in [0.717, 1.165) is 0 Å². The van der Waals surface area contributed by atoms with Gasteiger partial charge in [0.25, 0.3) is 0 Å². The third kappa shape index (κ3) is 9.13. The van der Waals surface area contributed by atoms with Crippen LogP contribution in [0.2, 0.25) is 0 Å². The van der Waals surface area contributed by atoms with Gasteiger partial charge in [-0.15, -0.1) is 0 Å². The predicted octanol–water partition coefficient (Wildman–Crippen LogP) is -1.19. The van der Waals surface area contributed by atoms with Gasteiger partial charge in [0.1, 0.15) is 0 Å². The number of hydrogen-bond acceptors (Lipinski definition) is 0. The molecule has 2 radical (unpaired) electrons. The van der Waals surface area contributed by atoms with Crippen LogP contribution < -0.4 is 0 Å². The molecule has 4 heteroatoms. The Morgan fingerprint density at radius 3 is 1.00 bits per heavy atom. The molecule has 26 valence electrons. The van der Waals surface area contributed by atoms with Crippen molar-refractivity contribution in [2.75, 3.05) is 0 Å². The smallest absolute Gasteiger partial charge is 0 e. The predicted molar refractivity (Wildman–Crippen MR) is 9.94 cm³/mol. The molecule has 4 heavy (non-hydrogen) atoms. The summed E-state index contributed by atoms with van der Waals surface area (Å²) in [6, 6.07) is 0. The van der Waals surface area contributed by atoms with Crippen LogP contribution in [0.1, 0.15) is 0 Å². The second-order valence-electron chi connectivity index (χ2n) is 0. The fourth-order valence-electron chi connectivity index (χ4n) is 0. The average Bonchev–Trinajstić information content (AvgIpc) is 0. The maximum absolute atomic E-state index is 0. The van der Waals surface area contributed by atoms with Gasteiger partial charge in [-0.1, -0.05) is 0 Å². The topological polar surface area (TPSA) is 0 Å². The fraction of sp³-hybridized carbons (Fsp3) is 0. The normalized spacial score (nSPS) is 0. The summed E-state index contributed by atoms with van der Waals surface area (Å²) in [7, 11) is 0. The Bertz CT molecular complexity index is 8.00. The molecule has 0 rings (SSSR count). The molecular formula is H3MnNiSiZn. The molecule has 0 aromatic heterocycles. The summed E-state index contributed by atoms with van der Waals surface area (Å²) in [5.41, 5.74) is 0. The third-order valence-corrected chi connectivity index (χ3v) is 0. The molecule has 0 heterocycles. The molecule has 0 nitrogen and oxygen atoms in total. The first-order chi connectivity index (χ1) is 0. The van der Waals surface area contributed by atoms with Crippen LogP contribution in [0.15, 0.2) is 0 Å². The van der Waals surface area contributed by atoms with Gasteiger partial charge in [0, 0.05) is 53.0 Å². The van der Waals surface area contributed by atoms with Gasteiger partial charge in [-0.3, -0.25) is 0 Å².